The minimum Gasteiger partial charge on any atom is -0.199 e. The smallest absolute Gasteiger partial charge is 0.199 e. The molecule has 4 aromatic heterocycles. The van der Waals surface area contributed by atoms with E-state index in [0.29, 0.717) is 11.4 Å². The Morgan fingerprint density at radius 2 is 0.618 bits per heavy atom. The Morgan fingerprint density at radius 1 is 0.309 bits per heavy atom. The first-order valence-corrected chi connectivity index (χ1v) is 23.7. The molecule has 8 aromatic rings. The van der Waals surface area contributed by atoms with Crippen molar-refractivity contribution in [3.8, 4) is 45.0 Å². The van der Waals surface area contributed by atoms with E-state index in [2.05, 4.69) is 165 Å². The number of pyridine rings is 4. The first kappa shape index (κ1) is 44.0. The van der Waals surface area contributed by atoms with Gasteiger partial charge in [0.25, 0.3) is 0 Å². The predicted molar refractivity (Wildman–Crippen MR) is 288 cm³/mol. The normalized spacial score (nSPS) is 12.3. The fourth-order valence-electron chi connectivity index (χ4n) is 9.23. The molecule has 0 spiro atoms. The third-order valence-corrected chi connectivity index (χ3v) is 13.7. The molecule has 0 aliphatic rings. The molecule has 0 saturated heterocycles. The summed E-state index contributed by atoms with van der Waals surface area (Å²) in [5.74, 6) is 0. The van der Waals surface area contributed by atoms with Gasteiger partial charge in [0.15, 0.2) is 22.8 Å². The van der Waals surface area contributed by atoms with Crippen LogP contribution in [0.4, 0.5) is 0 Å². The average Bonchev–Trinajstić information content (AvgIpc) is 3.30. The molecule has 0 aliphatic carbocycles. The molecule has 0 fully saturated rings. The number of hydrogen-bond donors (Lipinski definition) is 0. The molecule has 4 nitrogen and oxygen atoms in total. The number of rotatable bonds is 4. The summed E-state index contributed by atoms with van der Waals surface area (Å²) in [5, 5.41) is 0. The highest BCUT2D eigenvalue weighted by Gasteiger charge is 2.22. The summed E-state index contributed by atoms with van der Waals surface area (Å²) in [4.78, 5) is 0. The van der Waals surface area contributed by atoms with Crippen molar-refractivity contribution in [1.82, 2.24) is 0 Å². The number of aryl methyl sites for hydroxylation is 14. The molecule has 8 rings (SSSR count). The standard InChI is InChI=1S/4C16H20N/c2*1-11-9-14(4)17(5)15(10-11)16-12(2)7-6-8-13(16)3;2*1-11-8-6-7-9-15(11)16-14(4)12(2)10-13(3)17(16)5/h4*6-10H,1-5H3/q4*+1/i4D3;;3D3;. The Labute approximate surface area is 419 Å². The Kier molecular flexibility index (Phi) is 14.6. The Balaban J connectivity index is 0.000000183. The topological polar surface area (TPSA) is 15.5 Å². The zero-order chi connectivity index (χ0) is 55.3. The second-order valence-electron chi connectivity index (χ2n) is 18.9. The van der Waals surface area contributed by atoms with Gasteiger partial charge in [-0.2, -0.15) is 18.3 Å². The summed E-state index contributed by atoms with van der Waals surface area (Å²) in [7, 11) is 7.93. The van der Waals surface area contributed by atoms with Gasteiger partial charge in [-0.05, 0) is 151 Å². The van der Waals surface area contributed by atoms with Gasteiger partial charge in [0, 0.05) is 94.4 Å². The summed E-state index contributed by atoms with van der Waals surface area (Å²) < 4.78 is 54.3. The zero-order valence-corrected chi connectivity index (χ0v) is 44.3. The SMILES string of the molecule is Cc1cc(C)[n+](C)c(-c2c(C)cccc2C)c1.Cc1ccccc1-c1c(C)c(C)cc(C)[n+]1C.[2H]C([2H])([2H])c1cc(C)c(C)c(-c2ccccc2C)[n+]1C.[2H]C([2H])([2H])c1cc(C)cc(-c2c(C)cccc2C)[n+]1C. The molecular weight excluding hydrogens is 825 g/mol. The molecule has 4 heteroatoms. The van der Waals surface area contributed by atoms with Gasteiger partial charge in [0.05, 0.1) is 11.1 Å². The van der Waals surface area contributed by atoms with Crippen LogP contribution in [0, 0.1) is 111 Å². The van der Waals surface area contributed by atoms with Gasteiger partial charge in [0.1, 0.15) is 28.2 Å². The first-order chi connectivity index (χ1) is 34.5. The minimum atomic E-state index is -2.11. The lowest BCUT2D eigenvalue weighted by atomic mass is 9.98. The van der Waals surface area contributed by atoms with E-state index in [0.717, 1.165) is 55.9 Å². The number of benzene rings is 4. The van der Waals surface area contributed by atoms with E-state index in [1.807, 2.05) is 78.2 Å². The van der Waals surface area contributed by atoms with Crippen LogP contribution < -0.4 is 18.3 Å². The number of aromatic nitrogens is 4. The number of hydrogen-bond acceptors (Lipinski definition) is 0. The van der Waals surface area contributed by atoms with Gasteiger partial charge in [-0.15, -0.1) is 0 Å². The average molecular weight is 911 g/mol. The van der Waals surface area contributed by atoms with E-state index in [4.69, 9.17) is 8.22 Å². The highest BCUT2D eigenvalue weighted by atomic mass is 15.0. The van der Waals surface area contributed by atoms with Crippen LogP contribution in [-0.2, 0) is 28.2 Å². The van der Waals surface area contributed by atoms with Crippen LogP contribution in [0.3, 0.4) is 0 Å². The van der Waals surface area contributed by atoms with Crippen LogP contribution >= 0.6 is 0 Å². The molecule has 4 aromatic carbocycles. The lowest BCUT2D eigenvalue weighted by Gasteiger charge is -2.10. The summed E-state index contributed by atoms with van der Waals surface area (Å²) in [5.41, 5.74) is 27.4. The molecule has 0 saturated carbocycles. The van der Waals surface area contributed by atoms with Crippen LogP contribution in [0.1, 0.15) is 97.8 Å². The lowest BCUT2D eigenvalue weighted by molar-refractivity contribution is -0.667. The van der Waals surface area contributed by atoms with Gasteiger partial charge in [-0.3, -0.25) is 0 Å². The highest BCUT2D eigenvalue weighted by Crippen LogP contribution is 2.29. The van der Waals surface area contributed by atoms with Crippen molar-refractivity contribution in [3.63, 3.8) is 0 Å². The van der Waals surface area contributed by atoms with Crippen molar-refractivity contribution in [2.75, 3.05) is 0 Å². The van der Waals surface area contributed by atoms with Crippen LogP contribution in [-0.4, -0.2) is 0 Å². The summed E-state index contributed by atoms with van der Waals surface area (Å²) in [6, 6.07) is 41.6. The monoisotopic (exact) mass is 911 g/mol. The second kappa shape index (κ2) is 22.5. The van der Waals surface area contributed by atoms with Crippen molar-refractivity contribution in [2.24, 2.45) is 28.2 Å². The van der Waals surface area contributed by atoms with Gasteiger partial charge >= 0.3 is 0 Å². The highest BCUT2D eigenvalue weighted by molar-refractivity contribution is 5.68. The quantitative estimate of drug-likeness (QED) is 0.156. The van der Waals surface area contributed by atoms with E-state index in [1.54, 1.807) is 21.3 Å². The van der Waals surface area contributed by atoms with Crippen molar-refractivity contribution < 1.29 is 26.5 Å². The maximum atomic E-state index is 7.71. The third-order valence-electron chi connectivity index (χ3n) is 13.7. The van der Waals surface area contributed by atoms with Gasteiger partial charge in [0.2, 0.25) is 22.8 Å². The van der Waals surface area contributed by atoms with Crippen molar-refractivity contribution in [2.45, 2.75) is 111 Å². The van der Waals surface area contributed by atoms with Gasteiger partial charge in [-0.25, -0.2) is 0 Å². The van der Waals surface area contributed by atoms with Crippen LogP contribution in [0.5, 0.6) is 0 Å². The van der Waals surface area contributed by atoms with Crippen molar-refractivity contribution >= 4 is 0 Å². The zero-order valence-electron chi connectivity index (χ0n) is 50.3. The second-order valence-corrected chi connectivity index (χ2v) is 18.9. The van der Waals surface area contributed by atoms with Gasteiger partial charge < -0.3 is 0 Å². The predicted octanol–water partition coefficient (Wildman–Crippen LogP) is 13.6. The molecule has 0 unspecified atom stereocenters. The van der Waals surface area contributed by atoms with E-state index in [-0.39, 0.29) is 0 Å². The third kappa shape index (κ3) is 11.8. The fraction of sp³-hybridized carbons (Fsp3) is 0.312. The number of nitrogens with zero attached hydrogens (tertiary/aromatic N) is 4. The Bertz CT molecular complexity index is 3280. The molecule has 0 atom stereocenters. The lowest BCUT2D eigenvalue weighted by Crippen LogP contribution is -2.36. The molecule has 4 heterocycles. The van der Waals surface area contributed by atoms with E-state index >= 15 is 0 Å². The fourth-order valence-corrected chi connectivity index (χ4v) is 9.23. The van der Waals surface area contributed by atoms with Crippen LogP contribution in [0.2, 0.25) is 0 Å². The van der Waals surface area contributed by atoms with Crippen LogP contribution in [0.15, 0.2) is 121 Å². The molecule has 68 heavy (non-hydrogen) atoms. The summed E-state index contributed by atoms with van der Waals surface area (Å²) in [6.07, 6.45) is 0. The Hall–Kier alpha value is -6.52. The molecule has 352 valence electrons. The summed E-state index contributed by atoms with van der Waals surface area (Å²) >= 11 is 0. The molecule has 0 N–H and O–H groups in total. The maximum absolute atomic E-state index is 7.71. The van der Waals surface area contributed by atoms with E-state index in [1.165, 1.54) is 67.3 Å². The molecular formula is C64H80N4+4. The molecule has 0 aliphatic heterocycles. The largest absolute Gasteiger partial charge is 0.215 e. The minimum absolute atomic E-state index is 0.371. The Morgan fingerprint density at radius 3 is 1.01 bits per heavy atom. The van der Waals surface area contributed by atoms with Crippen molar-refractivity contribution in [3.05, 3.63) is 211 Å². The van der Waals surface area contributed by atoms with Crippen molar-refractivity contribution in [1.29, 1.82) is 0 Å². The first-order valence-electron chi connectivity index (χ1n) is 26.7. The van der Waals surface area contributed by atoms with Gasteiger partial charge in [-0.1, -0.05) is 72.8 Å². The maximum Gasteiger partial charge on any atom is 0.215 e. The summed E-state index contributed by atoms with van der Waals surface area (Å²) in [6.45, 7) is 25.3. The molecule has 0 radical (unpaired) electrons. The molecule has 0 amide bonds. The van der Waals surface area contributed by atoms with Crippen LogP contribution in [0.25, 0.3) is 45.0 Å². The van der Waals surface area contributed by atoms with E-state index < -0.39 is 13.7 Å². The van der Waals surface area contributed by atoms with E-state index in [9.17, 15) is 0 Å². The molecule has 0 bridgehead atoms.